The number of benzene rings is 2. The number of fused-ring (bicyclic) bond motifs is 1. The number of nitrogens with one attached hydrogen (secondary N) is 1. The molecule has 2 aromatic rings. The Balaban J connectivity index is 1.60. The number of halogens is 4. The van der Waals surface area contributed by atoms with Crippen molar-refractivity contribution in [1.29, 1.82) is 0 Å². The second-order valence-corrected chi connectivity index (χ2v) is 9.26. The highest BCUT2D eigenvalue weighted by Crippen LogP contribution is 2.55. The zero-order valence-electron chi connectivity index (χ0n) is 18.8. The highest BCUT2D eigenvalue weighted by Gasteiger charge is 2.53. The van der Waals surface area contributed by atoms with Crippen molar-refractivity contribution >= 4 is 17.6 Å². The van der Waals surface area contributed by atoms with E-state index in [-0.39, 0.29) is 38.0 Å². The Morgan fingerprint density at radius 1 is 1.11 bits per heavy atom. The van der Waals surface area contributed by atoms with E-state index in [9.17, 15) is 32.3 Å². The van der Waals surface area contributed by atoms with Crippen LogP contribution in [0.2, 0.25) is 0 Å². The number of amides is 1. The molecule has 10 heteroatoms. The van der Waals surface area contributed by atoms with Gasteiger partial charge in [-0.05, 0) is 80.5 Å². The molecule has 1 aliphatic heterocycles. The van der Waals surface area contributed by atoms with E-state index in [1.54, 1.807) is 6.07 Å². The summed E-state index contributed by atoms with van der Waals surface area (Å²) < 4.78 is 59.4. The van der Waals surface area contributed by atoms with Crippen molar-refractivity contribution < 1.29 is 42.1 Å². The summed E-state index contributed by atoms with van der Waals surface area (Å²) in [4.78, 5) is 24.9. The number of alkyl halides is 3. The van der Waals surface area contributed by atoms with E-state index in [1.807, 2.05) is 0 Å². The van der Waals surface area contributed by atoms with Crippen molar-refractivity contribution in [3.05, 3.63) is 64.5 Å². The smallest absolute Gasteiger partial charge is 0.416 e. The van der Waals surface area contributed by atoms with Gasteiger partial charge in [0.1, 0.15) is 18.0 Å². The van der Waals surface area contributed by atoms with E-state index in [1.165, 1.54) is 12.1 Å². The number of hydrogen-bond donors (Lipinski definition) is 3. The van der Waals surface area contributed by atoms with Gasteiger partial charge in [-0.2, -0.15) is 13.2 Å². The van der Waals surface area contributed by atoms with Gasteiger partial charge in [0.15, 0.2) is 0 Å². The molecule has 0 radical (unpaired) electrons. The summed E-state index contributed by atoms with van der Waals surface area (Å²) in [5.41, 5.74) is -3.06. The number of carbonyl (C=O) groups excluding carboxylic acids is 2. The molecule has 6 nitrogen and oxygen atoms in total. The predicted molar refractivity (Wildman–Crippen MR) is 117 cm³/mol. The van der Waals surface area contributed by atoms with E-state index in [0.717, 1.165) is 12.1 Å². The number of rotatable bonds is 9. The molecule has 3 N–H and O–H groups in total. The van der Waals surface area contributed by atoms with E-state index in [0.29, 0.717) is 42.1 Å². The fourth-order valence-corrected chi connectivity index (χ4v) is 4.63. The molecular formula is C25H25F4NO5. The lowest BCUT2D eigenvalue weighted by atomic mass is 9.79. The zero-order valence-corrected chi connectivity index (χ0v) is 18.8. The number of aliphatic hydroxyl groups excluding tert-OH is 1. The normalized spacial score (nSPS) is 17.9. The third-order valence-electron chi connectivity index (χ3n) is 6.71. The number of aliphatic hydroxyl groups is 2. The third-order valence-corrected chi connectivity index (χ3v) is 6.71. The van der Waals surface area contributed by atoms with Crippen LogP contribution in [0.5, 0.6) is 0 Å². The second kappa shape index (κ2) is 9.23. The Morgan fingerprint density at radius 3 is 2.51 bits per heavy atom. The average molecular weight is 495 g/mol. The number of hydrogen-bond acceptors (Lipinski definition) is 5. The van der Waals surface area contributed by atoms with Crippen molar-refractivity contribution in [2.24, 2.45) is 0 Å². The van der Waals surface area contributed by atoms with Crippen LogP contribution in [-0.2, 0) is 27.7 Å². The van der Waals surface area contributed by atoms with Crippen LogP contribution < -0.4 is 5.32 Å². The molecule has 188 valence electrons. The summed E-state index contributed by atoms with van der Waals surface area (Å²) in [5.74, 6) is -2.09. The molecule has 1 atom stereocenters. The molecule has 0 spiro atoms. The minimum Gasteiger partial charge on any atom is -0.457 e. The summed E-state index contributed by atoms with van der Waals surface area (Å²) >= 11 is 0. The van der Waals surface area contributed by atoms with Crippen LogP contribution >= 0.6 is 0 Å². The molecule has 0 saturated heterocycles. The van der Waals surface area contributed by atoms with Crippen LogP contribution in [0.4, 0.5) is 23.2 Å². The van der Waals surface area contributed by atoms with Crippen LogP contribution in [-0.4, -0.2) is 34.3 Å². The van der Waals surface area contributed by atoms with Crippen molar-refractivity contribution in [3.8, 4) is 0 Å². The van der Waals surface area contributed by atoms with Gasteiger partial charge in [-0.25, -0.2) is 9.18 Å². The van der Waals surface area contributed by atoms with Gasteiger partial charge < -0.3 is 20.3 Å². The first-order valence-corrected chi connectivity index (χ1v) is 11.3. The van der Waals surface area contributed by atoms with Crippen LogP contribution in [0.25, 0.3) is 0 Å². The summed E-state index contributed by atoms with van der Waals surface area (Å²) in [5, 5.41) is 23.2. The van der Waals surface area contributed by atoms with Gasteiger partial charge in [0.2, 0.25) is 0 Å². The molecule has 1 aliphatic carbocycles. The van der Waals surface area contributed by atoms with Crippen LogP contribution in [0.1, 0.15) is 65.6 Å². The summed E-state index contributed by atoms with van der Waals surface area (Å²) in [6, 6.07) is 6.70. The first-order valence-electron chi connectivity index (χ1n) is 11.3. The van der Waals surface area contributed by atoms with Gasteiger partial charge in [0.05, 0.1) is 11.1 Å². The lowest BCUT2D eigenvalue weighted by molar-refractivity contribution is -0.138. The number of unbranched alkanes of at least 4 members (excludes halogenated alkanes) is 1. The molecule has 35 heavy (non-hydrogen) atoms. The molecule has 1 heterocycles. The van der Waals surface area contributed by atoms with Crippen LogP contribution in [0, 0.1) is 5.82 Å². The number of carbonyl (C=O) groups is 2. The number of ether oxygens (including phenoxy) is 1. The van der Waals surface area contributed by atoms with E-state index in [2.05, 4.69) is 5.32 Å². The zero-order chi connectivity index (χ0) is 25.4. The largest absolute Gasteiger partial charge is 0.457 e. The number of anilines is 1. The van der Waals surface area contributed by atoms with Gasteiger partial charge in [0.25, 0.3) is 5.91 Å². The van der Waals surface area contributed by atoms with Gasteiger partial charge in [-0.3, -0.25) is 4.79 Å². The lowest BCUT2D eigenvalue weighted by Crippen LogP contribution is -2.46. The third kappa shape index (κ3) is 5.18. The molecule has 1 amide bonds. The highest BCUT2D eigenvalue weighted by atomic mass is 19.4. The Hall–Kier alpha value is -2.98. The standard InChI is InChI=1S/C25H25F4NO5/c26-20-6-3-16(25(27,28)29)12-19(20)23(8-9-23)14-24(34,7-1-2-10-31)22(33)30-17-4-5-18-15(11-17)13-35-21(18)32/h3-6,11-12,31,34H,1-2,7-10,13-14H2,(H,30,33). The molecule has 1 unspecified atom stereocenters. The Kier molecular flexibility index (Phi) is 6.63. The molecule has 1 saturated carbocycles. The molecule has 1 fully saturated rings. The van der Waals surface area contributed by atoms with E-state index >= 15 is 0 Å². The monoisotopic (exact) mass is 495 g/mol. The topological polar surface area (TPSA) is 95.9 Å². The maximum atomic E-state index is 14.7. The fourth-order valence-electron chi connectivity index (χ4n) is 4.63. The van der Waals surface area contributed by atoms with Gasteiger partial charge in [-0.1, -0.05) is 0 Å². The summed E-state index contributed by atoms with van der Waals surface area (Å²) in [6.45, 7) is -0.111. The SMILES string of the molecule is O=C1OCc2cc(NC(=O)C(O)(CCCCO)CC3(c4cc(C(F)(F)F)ccc4F)CC3)ccc21. The van der Waals surface area contributed by atoms with Gasteiger partial charge >= 0.3 is 12.1 Å². The lowest BCUT2D eigenvalue weighted by Gasteiger charge is -2.32. The first-order chi connectivity index (χ1) is 16.5. The number of esters is 1. The van der Waals surface area contributed by atoms with Crippen molar-refractivity contribution in [1.82, 2.24) is 0 Å². The molecule has 4 rings (SSSR count). The maximum Gasteiger partial charge on any atom is 0.416 e. The van der Waals surface area contributed by atoms with E-state index in [4.69, 9.17) is 9.84 Å². The Morgan fingerprint density at radius 2 is 1.86 bits per heavy atom. The van der Waals surface area contributed by atoms with Crippen molar-refractivity contribution in [2.75, 3.05) is 11.9 Å². The minimum atomic E-state index is -4.66. The quantitative estimate of drug-likeness (QED) is 0.271. The molecule has 0 aromatic heterocycles. The Bertz CT molecular complexity index is 1150. The molecular weight excluding hydrogens is 470 g/mol. The molecule has 2 aliphatic rings. The Labute approximate surface area is 198 Å². The van der Waals surface area contributed by atoms with Crippen LogP contribution in [0.15, 0.2) is 36.4 Å². The molecule has 0 bridgehead atoms. The van der Waals surface area contributed by atoms with Crippen molar-refractivity contribution in [2.45, 2.75) is 62.3 Å². The second-order valence-electron chi connectivity index (χ2n) is 9.26. The van der Waals surface area contributed by atoms with Gasteiger partial charge in [0, 0.05) is 23.3 Å². The fraction of sp³-hybridized carbons (Fsp3) is 0.440. The van der Waals surface area contributed by atoms with Crippen LogP contribution in [0.3, 0.4) is 0 Å². The average Bonchev–Trinajstić information content (AvgIpc) is 3.47. The predicted octanol–water partition coefficient (Wildman–Crippen LogP) is 4.47. The van der Waals surface area contributed by atoms with Gasteiger partial charge in [-0.15, -0.1) is 0 Å². The minimum absolute atomic E-state index is 0.0522. The molecule has 2 aromatic carbocycles. The summed E-state index contributed by atoms with van der Waals surface area (Å²) in [6.07, 6.45) is -3.80. The number of cyclic esters (lactones) is 1. The highest BCUT2D eigenvalue weighted by molar-refractivity contribution is 5.99. The van der Waals surface area contributed by atoms with E-state index < -0.39 is 40.4 Å². The first kappa shape index (κ1) is 25.1. The maximum absolute atomic E-state index is 14.7. The van der Waals surface area contributed by atoms with Crippen molar-refractivity contribution in [3.63, 3.8) is 0 Å². The summed E-state index contributed by atoms with van der Waals surface area (Å²) in [7, 11) is 0.